The molecule has 0 aliphatic carbocycles. The monoisotopic (exact) mass is 430 g/mol. The molecule has 3 aromatic carbocycles. The Morgan fingerprint density at radius 1 is 0.906 bits per heavy atom. The SMILES string of the molecule is CN=C(NOCc1ccccc1C)c1cc(C(C)(C)C)cc(-c2ccccc2C)c1OC. The Balaban J connectivity index is 2.04. The summed E-state index contributed by atoms with van der Waals surface area (Å²) in [5.41, 5.74) is 10.8. The van der Waals surface area contributed by atoms with E-state index in [2.05, 4.69) is 93.6 Å². The third-order valence-electron chi connectivity index (χ3n) is 5.73. The Kier molecular flexibility index (Phi) is 7.37. The normalized spacial score (nSPS) is 12.0. The Hall–Kier alpha value is -3.11. The molecule has 0 spiro atoms. The van der Waals surface area contributed by atoms with E-state index < -0.39 is 0 Å². The van der Waals surface area contributed by atoms with E-state index >= 15 is 0 Å². The number of rotatable bonds is 6. The number of nitrogens with one attached hydrogen (secondary N) is 1. The van der Waals surface area contributed by atoms with Gasteiger partial charge in [0.05, 0.1) is 19.3 Å². The molecule has 0 saturated carbocycles. The molecule has 4 heteroatoms. The lowest BCUT2D eigenvalue weighted by molar-refractivity contribution is 0.0711. The first-order valence-electron chi connectivity index (χ1n) is 10.9. The summed E-state index contributed by atoms with van der Waals surface area (Å²) in [6.07, 6.45) is 0. The van der Waals surface area contributed by atoms with Gasteiger partial charge in [0.15, 0.2) is 5.84 Å². The molecule has 4 nitrogen and oxygen atoms in total. The van der Waals surface area contributed by atoms with Crippen molar-refractivity contribution in [3.05, 3.63) is 88.5 Å². The van der Waals surface area contributed by atoms with Gasteiger partial charge in [0.25, 0.3) is 0 Å². The second-order valence-corrected chi connectivity index (χ2v) is 9.06. The second-order valence-electron chi connectivity index (χ2n) is 9.06. The first-order valence-corrected chi connectivity index (χ1v) is 10.9. The standard InChI is InChI=1S/C28H34N2O2/c1-19-12-8-10-14-21(19)18-32-30-27(29-6)25-17-22(28(3,4)5)16-24(26(25)31-7)23-15-11-9-13-20(23)2/h8-17H,18H2,1-7H3,(H,29,30). The molecule has 0 radical (unpaired) electrons. The van der Waals surface area contributed by atoms with Crippen molar-refractivity contribution in [1.29, 1.82) is 0 Å². The van der Waals surface area contributed by atoms with Crippen molar-refractivity contribution in [2.45, 2.75) is 46.6 Å². The summed E-state index contributed by atoms with van der Waals surface area (Å²) < 4.78 is 5.94. The molecule has 0 fully saturated rings. The lowest BCUT2D eigenvalue weighted by Gasteiger charge is -2.25. The van der Waals surface area contributed by atoms with Crippen LogP contribution in [0.2, 0.25) is 0 Å². The van der Waals surface area contributed by atoms with E-state index in [0.717, 1.165) is 28.0 Å². The van der Waals surface area contributed by atoms with E-state index in [1.54, 1.807) is 14.2 Å². The third kappa shape index (κ3) is 5.20. The molecule has 3 rings (SSSR count). The van der Waals surface area contributed by atoms with Crippen molar-refractivity contribution < 1.29 is 9.57 Å². The van der Waals surface area contributed by atoms with Crippen LogP contribution in [0.5, 0.6) is 5.75 Å². The minimum Gasteiger partial charge on any atom is -0.495 e. The molecule has 0 aliphatic rings. The van der Waals surface area contributed by atoms with Gasteiger partial charge in [-0.2, -0.15) is 0 Å². The van der Waals surface area contributed by atoms with Crippen LogP contribution in [0.25, 0.3) is 11.1 Å². The minimum atomic E-state index is -0.0423. The fourth-order valence-electron chi connectivity index (χ4n) is 3.71. The van der Waals surface area contributed by atoms with Gasteiger partial charge in [-0.15, -0.1) is 0 Å². The van der Waals surface area contributed by atoms with Crippen LogP contribution in [0.15, 0.2) is 65.7 Å². The fourth-order valence-corrected chi connectivity index (χ4v) is 3.71. The van der Waals surface area contributed by atoms with Crippen molar-refractivity contribution >= 4 is 5.84 Å². The number of hydroxylamine groups is 1. The van der Waals surface area contributed by atoms with E-state index in [9.17, 15) is 0 Å². The molecular weight excluding hydrogens is 396 g/mol. The van der Waals surface area contributed by atoms with Crippen LogP contribution in [0, 0.1) is 13.8 Å². The predicted molar refractivity (Wildman–Crippen MR) is 133 cm³/mol. The maximum Gasteiger partial charge on any atom is 0.155 e. The molecule has 0 bridgehead atoms. The number of hydrogen-bond donors (Lipinski definition) is 1. The highest BCUT2D eigenvalue weighted by atomic mass is 16.6. The number of hydrogen-bond acceptors (Lipinski definition) is 3. The Morgan fingerprint density at radius 3 is 2.16 bits per heavy atom. The maximum absolute atomic E-state index is 5.94. The van der Waals surface area contributed by atoms with E-state index in [4.69, 9.17) is 9.57 Å². The van der Waals surface area contributed by atoms with Crippen LogP contribution in [-0.4, -0.2) is 20.0 Å². The smallest absolute Gasteiger partial charge is 0.155 e. The van der Waals surface area contributed by atoms with Gasteiger partial charge in [-0.05, 0) is 59.2 Å². The highest BCUT2D eigenvalue weighted by molar-refractivity contribution is 6.03. The summed E-state index contributed by atoms with van der Waals surface area (Å²) in [5, 5.41) is 0. The minimum absolute atomic E-state index is 0.0423. The van der Waals surface area contributed by atoms with Gasteiger partial charge in [-0.1, -0.05) is 69.3 Å². The zero-order chi connectivity index (χ0) is 23.3. The average Bonchev–Trinajstić information content (AvgIpc) is 2.77. The molecule has 0 unspecified atom stereocenters. The lowest BCUT2D eigenvalue weighted by atomic mass is 9.83. The highest BCUT2D eigenvalue weighted by Gasteiger charge is 2.23. The van der Waals surface area contributed by atoms with Crippen molar-refractivity contribution in [2.24, 2.45) is 4.99 Å². The van der Waals surface area contributed by atoms with Crippen molar-refractivity contribution in [3.63, 3.8) is 0 Å². The molecule has 0 amide bonds. The fraction of sp³-hybridized carbons (Fsp3) is 0.321. The number of aliphatic imine (C=N–C) groups is 1. The van der Waals surface area contributed by atoms with Gasteiger partial charge in [-0.25, -0.2) is 5.48 Å². The number of aryl methyl sites for hydroxylation is 2. The number of methoxy groups -OCH3 is 1. The number of ether oxygens (including phenoxy) is 1. The molecule has 3 aromatic rings. The first kappa shape index (κ1) is 23.6. The van der Waals surface area contributed by atoms with Crippen LogP contribution in [-0.2, 0) is 16.9 Å². The van der Waals surface area contributed by atoms with Gasteiger partial charge in [0.1, 0.15) is 5.75 Å². The molecule has 0 heterocycles. The van der Waals surface area contributed by atoms with Gasteiger partial charge in [0.2, 0.25) is 0 Å². The van der Waals surface area contributed by atoms with Crippen molar-refractivity contribution in [1.82, 2.24) is 5.48 Å². The predicted octanol–water partition coefficient (Wildman–Crippen LogP) is 6.37. The summed E-state index contributed by atoms with van der Waals surface area (Å²) in [4.78, 5) is 10.4. The summed E-state index contributed by atoms with van der Waals surface area (Å²) in [5.74, 6) is 1.41. The number of amidine groups is 1. The Morgan fingerprint density at radius 2 is 1.56 bits per heavy atom. The third-order valence-corrected chi connectivity index (χ3v) is 5.73. The topological polar surface area (TPSA) is 42.9 Å². The first-order chi connectivity index (χ1) is 15.3. The molecular formula is C28H34N2O2. The number of benzene rings is 3. The van der Waals surface area contributed by atoms with E-state index in [1.165, 1.54) is 16.7 Å². The molecule has 0 saturated heterocycles. The molecule has 0 atom stereocenters. The largest absolute Gasteiger partial charge is 0.495 e. The summed E-state index contributed by atoms with van der Waals surface area (Å²) in [6.45, 7) is 11.3. The number of nitrogens with zero attached hydrogens (tertiary/aromatic N) is 1. The van der Waals surface area contributed by atoms with E-state index in [1.807, 2.05) is 12.1 Å². The molecule has 32 heavy (non-hydrogen) atoms. The Labute approximate surface area is 192 Å². The summed E-state index contributed by atoms with van der Waals surface area (Å²) in [7, 11) is 3.47. The zero-order valence-electron chi connectivity index (χ0n) is 20.2. The molecule has 0 aromatic heterocycles. The second kappa shape index (κ2) is 10.0. The lowest BCUT2D eigenvalue weighted by Crippen LogP contribution is -2.26. The van der Waals surface area contributed by atoms with Crippen LogP contribution in [0.4, 0.5) is 0 Å². The zero-order valence-corrected chi connectivity index (χ0v) is 20.2. The molecule has 168 valence electrons. The van der Waals surface area contributed by atoms with Crippen LogP contribution in [0.3, 0.4) is 0 Å². The summed E-state index contributed by atoms with van der Waals surface area (Å²) in [6, 6.07) is 20.9. The average molecular weight is 431 g/mol. The molecule has 1 N–H and O–H groups in total. The van der Waals surface area contributed by atoms with Gasteiger partial charge >= 0.3 is 0 Å². The van der Waals surface area contributed by atoms with Gasteiger partial charge in [0, 0.05) is 12.6 Å². The van der Waals surface area contributed by atoms with E-state index in [-0.39, 0.29) is 5.41 Å². The quantitative estimate of drug-likeness (QED) is 0.280. The molecule has 0 aliphatic heterocycles. The van der Waals surface area contributed by atoms with Crippen molar-refractivity contribution in [2.75, 3.05) is 14.2 Å². The van der Waals surface area contributed by atoms with Crippen LogP contribution >= 0.6 is 0 Å². The maximum atomic E-state index is 5.94. The van der Waals surface area contributed by atoms with Crippen molar-refractivity contribution in [3.8, 4) is 16.9 Å². The van der Waals surface area contributed by atoms with E-state index in [0.29, 0.717) is 12.4 Å². The van der Waals surface area contributed by atoms with Crippen LogP contribution in [0.1, 0.15) is 48.6 Å². The van der Waals surface area contributed by atoms with Gasteiger partial charge in [-0.3, -0.25) is 9.83 Å². The highest BCUT2D eigenvalue weighted by Crippen LogP contribution is 2.39. The van der Waals surface area contributed by atoms with Crippen LogP contribution < -0.4 is 10.2 Å². The Bertz CT molecular complexity index is 1110. The van der Waals surface area contributed by atoms with Gasteiger partial charge < -0.3 is 4.74 Å². The summed E-state index contributed by atoms with van der Waals surface area (Å²) >= 11 is 0.